The van der Waals surface area contributed by atoms with E-state index < -0.39 is 0 Å². The molecule has 0 heterocycles. The first kappa shape index (κ1) is 23.8. The second-order valence-electron chi connectivity index (χ2n) is 6.85. The second kappa shape index (κ2) is 11.7. The highest BCUT2D eigenvalue weighted by Gasteiger charge is 2.13. The van der Waals surface area contributed by atoms with Crippen molar-refractivity contribution in [3.63, 3.8) is 0 Å². The van der Waals surface area contributed by atoms with Crippen LogP contribution in [0.2, 0.25) is 10.0 Å². The molecule has 0 aliphatic carbocycles. The molecule has 0 bridgehead atoms. The lowest BCUT2D eigenvalue weighted by molar-refractivity contribution is 0.0526. The molecule has 7 heteroatoms. The summed E-state index contributed by atoms with van der Waals surface area (Å²) in [5.41, 5.74) is 3.14. The fourth-order valence-electron chi connectivity index (χ4n) is 3.06. The molecule has 0 amide bonds. The predicted molar refractivity (Wildman–Crippen MR) is 128 cm³/mol. The number of halogens is 2. The summed E-state index contributed by atoms with van der Waals surface area (Å²) in [7, 11) is 0. The number of hydrogen-bond donors (Lipinski definition) is 1. The minimum Gasteiger partial charge on any atom is -0.490 e. The lowest BCUT2D eigenvalue weighted by Gasteiger charge is -2.17. The van der Waals surface area contributed by atoms with E-state index in [4.69, 9.17) is 37.4 Å². The van der Waals surface area contributed by atoms with Crippen molar-refractivity contribution < 1.29 is 19.0 Å². The van der Waals surface area contributed by atoms with E-state index >= 15 is 0 Å². The number of ether oxygens (including phenoxy) is 3. The first-order valence-corrected chi connectivity index (χ1v) is 11.1. The molecule has 0 spiro atoms. The predicted octanol–water partition coefficient (Wildman–Crippen LogP) is 6.76. The van der Waals surface area contributed by atoms with Gasteiger partial charge < -0.3 is 19.5 Å². The van der Waals surface area contributed by atoms with E-state index in [1.54, 1.807) is 31.2 Å². The summed E-state index contributed by atoms with van der Waals surface area (Å²) in [6.07, 6.45) is 0. The van der Waals surface area contributed by atoms with Crippen LogP contribution in [0.15, 0.2) is 60.7 Å². The normalized spacial score (nSPS) is 10.5. The molecule has 0 atom stereocenters. The number of para-hydroxylation sites is 1. The summed E-state index contributed by atoms with van der Waals surface area (Å²) >= 11 is 12.3. The van der Waals surface area contributed by atoms with Crippen LogP contribution >= 0.6 is 23.2 Å². The van der Waals surface area contributed by atoms with Gasteiger partial charge in [-0.15, -0.1) is 0 Å². The van der Waals surface area contributed by atoms with Crippen molar-refractivity contribution in [1.82, 2.24) is 0 Å². The van der Waals surface area contributed by atoms with Crippen LogP contribution in [0, 0.1) is 0 Å². The minimum absolute atomic E-state index is 0.279. The van der Waals surface area contributed by atoms with Crippen LogP contribution < -0.4 is 14.8 Å². The number of carbonyl (C=O) groups is 1. The van der Waals surface area contributed by atoms with E-state index in [2.05, 4.69) is 5.32 Å². The Labute approximate surface area is 198 Å². The largest absolute Gasteiger partial charge is 0.490 e. The van der Waals surface area contributed by atoms with Gasteiger partial charge in [0.1, 0.15) is 6.61 Å². The van der Waals surface area contributed by atoms with E-state index in [0.29, 0.717) is 46.9 Å². The summed E-state index contributed by atoms with van der Waals surface area (Å²) < 4.78 is 16.9. The van der Waals surface area contributed by atoms with E-state index in [1.807, 2.05) is 43.3 Å². The molecular weight excluding hydrogens is 449 g/mol. The molecule has 0 aliphatic heterocycles. The monoisotopic (exact) mass is 473 g/mol. The van der Waals surface area contributed by atoms with Crippen LogP contribution in [-0.4, -0.2) is 19.2 Å². The van der Waals surface area contributed by atoms with E-state index in [1.165, 1.54) is 0 Å². The first-order valence-electron chi connectivity index (χ1n) is 10.3. The Balaban J connectivity index is 1.74. The van der Waals surface area contributed by atoms with Crippen LogP contribution in [0.1, 0.15) is 35.3 Å². The second-order valence-corrected chi connectivity index (χ2v) is 7.70. The maximum atomic E-state index is 11.8. The van der Waals surface area contributed by atoms with Crippen molar-refractivity contribution in [1.29, 1.82) is 0 Å². The third-order valence-electron chi connectivity index (χ3n) is 4.63. The van der Waals surface area contributed by atoms with Gasteiger partial charge in [-0.3, -0.25) is 0 Å². The third kappa shape index (κ3) is 6.31. The van der Waals surface area contributed by atoms with Crippen LogP contribution in [0.25, 0.3) is 0 Å². The smallest absolute Gasteiger partial charge is 0.338 e. The molecule has 0 saturated carbocycles. The lowest BCUT2D eigenvalue weighted by Crippen LogP contribution is -2.07. The molecule has 1 N–H and O–H groups in total. The molecule has 3 aromatic rings. The standard InChI is InChI=1S/C25H25Cl2NO4/c1-3-30-23-7-5-6-18(24(23)32-16-19-8-11-20(26)14-22(19)27)15-28-21-12-9-17(10-13-21)25(29)31-4-2/h5-14,28H,3-4,15-16H2,1-2H3. The molecule has 5 nitrogen and oxygen atoms in total. The van der Waals surface area contributed by atoms with Gasteiger partial charge in [-0.2, -0.15) is 0 Å². The lowest BCUT2D eigenvalue weighted by atomic mass is 10.1. The van der Waals surface area contributed by atoms with Crippen molar-refractivity contribution in [2.24, 2.45) is 0 Å². The van der Waals surface area contributed by atoms with Gasteiger partial charge in [-0.25, -0.2) is 4.79 Å². The summed E-state index contributed by atoms with van der Waals surface area (Å²) in [4.78, 5) is 11.8. The van der Waals surface area contributed by atoms with Gasteiger partial charge in [-0.1, -0.05) is 41.4 Å². The maximum absolute atomic E-state index is 11.8. The average Bonchev–Trinajstić information content (AvgIpc) is 2.78. The molecule has 32 heavy (non-hydrogen) atoms. The van der Waals surface area contributed by atoms with Crippen molar-refractivity contribution >= 4 is 34.9 Å². The molecule has 0 fully saturated rings. The highest BCUT2D eigenvalue weighted by atomic mass is 35.5. The molecule has 3 rings (SSSR count). The molecule has 0 radical (unpaired) electrons. The van der Waals surface area contributed by atoms with Gasteiger partial charge in [0.2, 0.25) is 0 Å². The molecule has 3 aromatic carbocycles. The Morgan fingerprint density at radius 3 is 2.38 bits per heavy atom. The minimum atomic E-state index is -0.333. The Morgan fingerprint density at radius 2 is 1.69 bits per heavy atom. The Kier molecular flexibility index (Phi) is 8.65. The van der Waals surface area contributed by atoms with Gasteiger partial charge in [-0.05, 0) is 56.3 Å². The SMILES string of the molecule is CCOC(=O)c1ccc(NCc2cccc(OCC)c2OCc2ccc(Cl)cc2Cl)cc1. The number of anilines is 1. The van der Waals surface area contributed by atoms with Crippen LogP contribution in [0.4, 0.5) is 5.69 Å². The zero-order chi connectivity index (χ0) is 22.9. The van der Waals surface area contributed by atoms with Crippen molar-refractivity contribution in [2.75, 3.05) is 18.5 Å². The van der Waals surface area contributed by atoms with Crippen LogP contribution in [-0.2, 0) is 17.9 Å². The quantitative estimate of drug-likeness (QED) is 0.329. The fraction of sp³-hybridized carbons (Fsp3) is 0.240. The van der Waals surface area contributed by atoms with Crippen molar-refractivity contribution in [3.05, 3.63) is 87.4 Å². The van der Waals surface area contributed by atoms with Crippen LogP contribution in [0.3, 0.4) is 0 Å². The molecular formula is C25H25Cl2NO4. The van der Waals surface area contributed by atoms with E-state index in [0.717, 1.165) is 16.8 Å². The van der Waals surface area contributed by atoms with Gasteiger partial charge >= 0.3 is 5.97 Å². The van der Waals surface area contributed by atoms with Crippen molar-refractivity contribution in [3.8, 4) is 11.5 Å². The number of rotatable bonds is 10. The number of esters is 1. The Hall–Kier alpha value is -2.89. The number of nitrogens with one attached hydrogen (secondary N) is 1. The number of benzene rings is 3. The third-order valence-corrected chi connectivity index (χ3v) is 5.21. The van der Waals surface area contributed by atoms with Crippen LogP contribution in [0.5, 0.6) is 11.5 Å². The topological polar surface area (TPSA) is 56.8 Å². The number of hydrogen-bond acceptors (Lipinski definition) is 5. The van der Waals surface area contributed by atoms with Gasteiger partial charge in [0.15, 0.2) is 11.5 Å². The summed E-state index contributed by atoms with van der Waals surface area (Å²) in [6, 6.07) is 18.2. The first-order chi connectivity index (χ1) is 15.5. The summed E-state index contributed by atoms with van der Waals surface area (Å²) in [5, 5.41) is 4.48. The van der Waals surface area contributed by atoms with Gasteiger partial charge in [0, 0.05) is 33.4 Å². The maximum Gasteiger partial charge on any atom is 0.338 e. The zero-order valence-electron chi connectivity index (χ0n) is 18.0. The molecule has 0 unspecified atom stereocenters. The summed E-state index contributed by atoms with van der Waals surface area (Å²) in [6.45, 7) is 5.36. The van der Waals surface area contributed by atoms with E-state index in [-0.39, 0.29) is 12.6 Å². The number of carbonyl (C=O) groups excluding carboxylic acids is 1. The van der Waals surface area contributed by atoms with Crippen molar-refractivity contribution in [2.45, 2.75) is 27.0 Å². The molecule has 168 valence electrons. The molecule has 0 saturated heterocycles. The fourth-order valence-corrected chi connectivity index (χ4v) is 3.52. The highest BCUT2D eigenvalue weighted by molar-refractivity contribution is 6.35. The van der Waals surface area contributed by atoms with Gasteiger partial charge in [0.05, 0.1) is 18.8 Å². The Morgan fingerprint density at radius 1 is 0.906 bits per heavy atom. The summed E-state index contributed by atoms with van der Waals surface area (Å²) in [5.74, 6) is 0.977. The Bertz CT molecular complexity index is 1050. The highest BCUT2D eigenvalue weighted by Crippen LogP contribution is 2.33. The zero-order valence-corrected chi connectivity index (χ0v) is 19.5. The molecule has 0 aliphatic rings. The van der Waals surface area contributed by atoms with Gasteiger partial charge in [0.25, 0.3) is 0 Å². The average molecular weight is 474 g/mol. The van der Waals surface area contributed by atoms with E-state index in [9.17, 15) is 4.79 Å². The molecule has 0 aromatic heterocycles.